The van der Waals surface area contributed by atoms with E-state index in [4.69, 9.17) is 5.11 Å². The first-order valence-electron chi connectivity index (χ1n) is 4.69. The van der Waals surface area contributed by atoms with Gasteiger partial charge in [0.2, 0.25) is 0 Å². The van der Waals surface area contributed by atoms with Gasteiger partial charge >= 0.3 is 0 Å². The Labute approximate surface area is 84.2 Å². The molecule has 1 aromatic rings. The molecule has 0 fully saturated rings. The van der Waals surface area contributed by atoms with Crippen molar-refractivity contribution in [3.05, 3.63) is 12.2 Å². The average Bonchev–Trinajstić information content (AvgIpc) is 2.52. The second-order valence-corrected chi connectivity index (χ2v) is 4.23. The number of nitrogens with zero attached hydrogens (tertiary/aromatic N) is 3. The number of aliphatic hydroxyl groups is 1. The molecule has 0 unspecified atom stereocenters. The third kappa shape index (κ3) is 3.08. The molecule has 14 heavy (non-hydrogen) atoms. The average molecular weight is 198 g/mol. The van der Waals surface area contributed by atoms with Crippen molar-refractivity contribution in [1.82, 2.24) is 20.1 Å². The lowest BCUT2D eigenvalue weighted by atomic mass is 9.95. The van der Waals surface area contributed by atoms with Crippen LogP contribution in [-0.2, 0) is 13.6 Å². The lowest BCUT2D eigenvalue weighted by Crippen LogP contribution is -2.32. The van der Waals surface area contributed by atoms with Gasteiger partial charge in [0.1, 0.15) is 12.2 Å². The maximum atomic E-state index is 9.03. The molecule has 0 aliphatic carbocycles. The Hall–Kier alpha value is -0.940. The smallest absolute Gasteiger partial charge is 0.140 e. The summed E-state index contributed by atoms with van der Waals surface area (Å²) >= 11 is 0. The van der Waals surface area contributed by atoms with E-state index in [0.717, 1.165) is 12.4 Å². The molecule has 0 amide bonds. The monoisotopic (exact) mass is 198 g/mol. The van der Waals surface area contributed by atoms with E-state index in [-0.39, 0.29) is 12.0 Å². The van der Waals surface area contributed by atoms with E-state index < -0.39 is 0 Å². The molecule has 0 aromatic carbocycles. The summed E-state index contributed by atoms with van der Waals surface area (Å²) in [6, 6.07) is 0. The largest absolute Gasteiger partial charge is 0.396 e. The SMILES string of the molecule is Cn1ncnc1CNCC(C)(C)CO. The standard InChI is InChI=1S/C9H18N4O/c1-9(2,6-14)5-10-4-8-11-7-12-13(8)3/h7,10,14H,4-6H2,1-3H3. The van der Waals surface area contributed by atoms with Gasteiger partial charge in [-0.15, -0.1) is 0 Å². The van der Waals surface area contributed by atoms with Crippen LogP contribution in [0.15, 0.2) is 6.33 Å². The van der Waals surface area contributed by atoms with Gasteiger partial charge in [0.05, 0.1) is 6.54 Å². The highest BCUT2D eigenvalue weighted by Crippen LogP contribution is 2.11. The van der Waals surface area contributed by atoms with Crippen molar-refractivity contribution in [2.45, 2.75) is 20.4 Å². The van der Waals surface area contributed by atoms with Crippen LogP contribution in [0, 0.1) is 5.41 Å². The zero-order valence-corrected chi connectivity index (χ0v) is 8.99. The van der Waals surface area contributed by atoms with Gasteiger partial charge in [0.15, 0.2) is 0 Å². The van der Waals surface area contributed by atoms with Crippen LogP contribution < -0.4 is 5.32 Å². The van der Waals surface area contributed by atoms with Crippen LogP contribution in [-0.4, -0.2) is 33.0 Å². The molecule has 0 atom stereocenters. The fraction of sp³-hybridized carbons (Fsp3) is 0.778. The van der Waals surface area contributed by atoms with E-state index >= 15 is 0 Å². The Morgan fingerprint density at radius 1 is 1.57 bits per heavy atom. The highest BCUT2D eigenvalue weighted by atomic mass is 16.3. The van der Waals surface area contributed by atoms with E-state index in [1.807, 2.05) is 20.9 Å². The normalized spacial score (nSPS) is 12.0. The molecular weight excluding hydrogens is 180 g/mol. The quantitative estimate of drug-likeness (QED) is 0.695. The van der Waals surface area contributed by atoms with E-state index in [0.29, 0.717) is 6.54 Å². The summed E-state index contributed by atoms with van der Waals surface area (Å²) in [5, 5.41) is 16.2. The number of rotatable bonds is 5. The zero-order valence-electron chi connectivity index (χ0n) is 8.99. The minimum absolute atomic E-state index is 0.0847. The molecule has 5 nitrogen and oxygen atoms in total. The van der Waals surface area contributed by atoms with Crippen molar-refractivity contribution >= 4 is 0 Å². The number of aromatic nitrogens is 3. The third-order valence-corrected chi connectivity index (χ3v) is 2.12. The second-order valence-electron chi connectivity index (χ2n) is 4.23. The molecule has 0 bridgehead atoms. The molecule has 80 valence electrons. The summed E-state index contributed by atoms with van der Waals surface area (Å²) in [6.07, 6.45) is 1.54. The van der Waals surface area contributed by atoms with Gasteiger partial charge in [0.25, 0.3) is 0 Å². The minimum atomic E-state index is -0.0847. The minimum Gasteiger partial charge on any atom is -0.396 e. The molecule has 0 aliphatic heterocycles. The highest BCUT2D eigenvalue weighted by molar-refractivity contribution is 4.83. The summed E-state index contributed by atoms with van der Waals surface area (Å²) in [6.45, 7) is 5.64. The Morgan fingerprint density at radius 3 is 2.79 bits per heavy atom. The molecule has 1 rings (SSSR count). The first-order valence-corrected chi connectivity index (χ1v) is 4.69. The summed E-state index contributed by atoms with van der Waals surface area (Å²) in [5.41, 5.74) is -0.0847. The lowest BCUT2D eigenvalue weighted by Gasteiger charge is -2.21. The van der Waals surface area contributed by atoms with Crippen LogP contribution in [0.1, 0.15) is 19.7 Å². The number of aliphatic hydroxyl groups excluding tert-OH is 1. The van der Waals surface area contributed by atoms with Crippen LogP contribution in [0.25, 0.3) is 0 Å². The van der Waals surface area contributed by atoms with Gasteiger partial charge < -0.3 is 10.4 Å². The first-order chi connectivity index (χ1) is 6.55. The number of nitrogens with one attached hydrogen (secondary N) is 1. The Kier molecular flexibility index (Phi) is 3.60. The zero-order chi connectivity index (χ0) is 10.6. The van der Waals surface area contributed by atoms with Crippen molar-refractivity contribution in [2.75, 3.05) is 13.2 Å². The maximum absolute atomic E-state index is 9.03. The predicted octanol–water partition coefficient (Wildman–Crippen LogP) is -0.0768. The molecule has 0 spiro atoms. The lowest BCUT2D eigenvalue weighted by molar-refractivity contribution is 0.156. The fourth-order valence-electron chi connectivity index (χ4n) is 1.05. The van der Waals surface area contributed by atoms with E-state index in [9.17, 15) is 0 Å². The Morgan fingerprint density at radius 2 is 2.29 bits per heavy atom. The highest BCUT2D eigenvalue weighted by Gasteiger charge is 2.15. The number of hydrogen-bond donors (Lipinski definition) is 2. The van der Waals surface area contributed by atoms with Crippen molar-refractivity contribution in [2.24, 2.45) is 12.5 Å². The van der Waals surface area contributed by atoms with Crippen LogP contribution in [0.5, 0.6) is 0 Å². The van der Waals surface area contributed by atoms with Gasteiger partial charge in [-0.2, -0.15) is 5.10 Å². The summed E-state index contributed by atoms with van der Waals surface area (Å²) in [5.74, 6) is 0.902. The Bertz CT molecular complexity index is 282. The fourth-order valence-corrected chi connectivity index (χ4v) is 1.05. The second kappa shape index (κ2) is 4.52. The van der Waals surface area contributed by atoms with Gasteiger partial charge in [-0.3, -0.25) is 4.68 Å². The molecular formula is C9H18N4O. The summed E-state index contributed by atoms with van der Waals surface area (Å²) in [7, 11) is 1.86. The summed E-state index contributed by atoms with van der Waals surface area (Å²) in [4.78, 5) is 4.09. The topological polar surface area (TPSA) is 63.0 Å². The molecule has 2 N–H and O–H groups in total. The summed E-state index contributed by atoms with van der Waals surface area (Å²) < 4.78 is 1.74. The maximum Gasteiger partial charge on any atom is 0.140 e. The number of hydrogen-bond acceptors (Lipinski definition) is 4. The van der Waals surface area contributed by atoms with Crippen LogP contribution in [0.2, 0.25) is 0 Å². The van der Waals surface area contributed by atoms with E-state index in [1.54, 1.807) is 4.68 Å². The van der Waals surface area contributed by atoms with E-state index in [1.165, 1.54) is 6.33 Å². The van der Waals surface area contributed by atoms with E-state index in [2.05, 4.69) is 15.4 Å². The van der Waals surface area contributed by atoms with Gasteiger partial charge in [0, 0.05) is 25.6 Å². The molecule has 0 saturated carbocycles. The van der Waals surface area contributed by atoms with Crippen LogP contribution in [0.4, 0.5) is 0 Å². The Balaban J connectivity index is 2.32. The molecule has 0 radical (unpaired) electrons. The van der Waals surface area contributed by atoms with Crippen LogP contribution >= 0.6 is 0 Å². The molecule has 5 heteroatoms. The van der Waals surface area contributed by atoms with Gasteiger partial charge in [-0.25, -0.2) is 4.98 Å². The molecule has 1 aromatic heterocycles. The molecule has 0 saturated heterocycles. The number of aryl methyl sites for hydroxylation is 1. The van der Waals surface area contributed by atoms with Crippen molar-refractivity contribution < 1.29 is 5.11 Å². The predicted molar refractivity (Wildman–Crippen MR) is 53.6 cm³/mol. The third-order valence-electron chi connectivity index (χ3n) is 2.12. The molecule has 1 heterocycles. The van der Waals surface area contributed by atoms with Crippen molar-refractivity contribution in [1.29, 1.82) is 0 Å². The van der Waals surface area contributed by atoms with Crippen LogP contribution in [0.3, 0.4) is 0 Å². The molecule has 0 aliphatic rings. The first kappa shape index (κ1) is 11.1. The van der Waals surface area contributed by atoms with Gasteiger partial charge in [-0.05, 0) is 0 Å². The van der Waals surface area contributed by atoms with Gasteiger partial charge in [-0.1, -0.05) is 13.8 Å². The van der Waals surface area contributed by atoms with Crippen molar-refractivity contribution in [3.8, 4) is 0 Å². The van der Waals surface area contributed by atoms with Crippen molar-refractivity contribution in [3.63, 3.8) is 0 Å².